The zero-order chi connectivity index (χ0) is 92.3. The fourth-order valence-corrected chi connectivity index (χ4v) is 17.4. The van der Waals surface area contributed by atoms with Gasteiger partial charge in [0.25, 0.3) is 0 Å². The van der Waals surface area contributed by atoms with Crippen LogP contribution in [0.3, 0.4) is 0 Å². The third-order valence-electron chi connectivity index (χ3n) is 24.7. The summed E-state index contributed by atoms with van der Waals surface area (Å²) in [5.41, 5.74) is 36.4. The second-order valence-corrected chi connectivity index (χ2v) is 34.5. The maximum atomic E-state index is 8.38. The molecule has 18 aromatic rings. The highest BCUT2D eigenvalue weighted by Crippen LogP contribution is 2.37. The van der Waals surface area contributed by atoms with Gasteiger partial charge in [-0.3, -0.25) is 0 Å². The Morgan fingerprint density at radius 2 is 0.537 bits per heavy atom. The SMILES string of the molecule is Cc1cc(C)c(C)c(-c2c3ccccc3cc[n+]2C)c1.Cc1cc(C)c(C)c(-c2cc3ccccc3c[n+]2C)c1.Cc1ccc(-c2cc3ccccc3c[n+]2C)c(C)c1.Cc1ccccc1-c1cc2ccccc2c[n+]1C.[2H]C(C)(C)c1ccc2c(-c3cc(C)cc(C)c3C)[n+](C)ccc2c1.[2H]C([2H])([2H])C([2H])(C)c1ccc2c(-c3cc(C)cc(C)c3C)[n+](C)ccc2c1. The van der Waals surface area contributed by atoms with E-state index in [1.165, 1.54) is 206 Å². The molecule has 0 amide bonds. The predicted octanol–water partition coefficient (Wildman–Crippen LogP) is 26.9. The van der Waals surface area contributed by atoms with Crippen LogP contribution < -0.4 is 27.4 Å². The number of aromatic nitrogens is 6. The summed E-state index contributed by atoms with van der Waals surface area (Å²) in [6.07, 6.45) is 12.9. The first-order valence-corrected chi connectivity index (χ1v) is 43.0. The molecule has 18 rings (SSSR count). The first-order chi connectivity index (χ1) is 60.6. The number of hydrogen-bond donors (Lipinski definition) is 0. The third kappa shape index (κ3) is 19.7. The van der Waals surface area contributed by atoms with E-state index >= 15 is 0 Å². The van der Waals surface area contributed by atoms with Gasteiger partial charge in [0.1, 0.15) is 42.3 Å². The first kappa shape index (κ1) is 81.1. The Kier molecular flexibility index (Phi) is 25.1. The summed E-state index contributed by atoms with van der Waals surface area (Å²) in [6, 6.07) is 92.4. The molecule has 0 aliphatic rings. The average Bonchev–Trinajstić information content (AvgIpc) is 0.790. The van der Waals surface area contributed by atoms with Crippen LogP contribution in [0.4, 0.5) is 0 Å². The molecule has 12 aromatic carbocycles. The largest absolute Gasteiger partial charge is 0.220 e. The summed E-state index contributed by atoms with van der Waals surface area (Å²) in [5.74, 6) is -2.22. The van der Waals surface area contributed by atoms with Crippen LogP contribution in [0.5, 0.6) is 0 Å². The molecule has 6 heterocycles. The molecule has 1 unspecified atom stereocenters. The maximum Gasteiger partial charge on any atom is 0.220 e. The van der Waals surface area contributed by atoms with Gasteiger partial charge in [0.2, 0.25) is 34.2 Å². The normalized spacial score (nSPS) is 12.4. The van der Waals surface area contributed by atoms with Crippen molar-refractivity contribution < 1.29 is 34.3 Å². The lowest BCUT2D eigenvalue weighted by molar-refractivity contribution is -0.659. The van der Waals surface area contributed by atoms with Gasteiger partial charge >= 0.3 is 0 Å². The van der Waals surface area contributed by atoms with Crippen molar-refractivity contribution in [1.29, 1.82) is 0 Å². The zero-order valence-electron chi connectivity index (χ0n) is 82.0. The van der Waals surface area contributed by atoms with Crippen LogP contribution in [0.25, 0.3) is 132 Å². The number of benzene rings is 12. The molecule has 123 heavy (non-hydrogen) atoms. The fourth-order valence-electron chi connectivity index (χ4n) is 17.4. The van der Waals surface area contributed by atoms with E-state index in [1.807, 2.05) is 45.3 Å². The van der Waals surface area contributed by atoms with Crippen LogP contribution in [0, 0.1) is 104 Å². The van der Waals surface area contributed by atoms with E-state index in [-0.39, 0.29) is 0 Å². The van der Waals surface area contributed by atoms with Crippen molar-refractivity contribution in [2.75, 3.05) is 0 Å². The molecule has 0 aliphatic carbocycles. The first-order valence-electron chi connectivity index (χ1n) is 45.5. The lowest BCUT2D eigenvalue weighted by Gasteiger charge is -2.12. The van der Waals surface area contributed by atoms with E-state index in [1.54, 1.807) is 6.07 Å². The van der Waals surface area contributed by atoms with Crippen LogP contribution >= 0.6 is 0 Å². The second-order valence-electron chi connectivity index (χ2n) is 34.5. The van der Waals surface area contributed by atoms with Crippen molar-refractivity contribution in [1.82, 2.24) is 0 Å². The molecule has 0 fully saturated rings. The van der Waals surface area contributed by atoms with Gasteiger partial charge in [0.15, 0.2) is 37.2 Å². The standard InChI is InChI=1S/2C22H26N.2C19H20N.C18H18N.C17H16N/c2*1-14(2)18-7-8-20-19(13-18)9-10-23(6)22(20)21-12-15(3)11-16(4)17(21)5;1-13-9-14(2)15(3)18(10-13)19-11-16-7-5-6-8-17(16)12-20(19)4;1-13-11-14(2)15(3)18(12-13)19-17-8-6-5-7-16(17)9-10-20(19)4;1-13-8-9-17(14(2)10-13)18-11-15-6-4-5-7-16(15)12-19(18)3;1-13-7-3-6-10-16(13)17-11-14-8-4-5-9-15(14)12-18(17)2/h2*7-14H,1-6H3;2*5-12H,1-4H3;4-12H,1-3H3;3-12H,1-2H3/q6*+1/i1D3,14D;14D;;;;. The number of aryl methyl sites for hydroxylation is 17. The van der Waals surface area contributed by atoms with Crippen LogP contribution in [-0.2, 0) is 42.3 Å². The molecule has 6 heteroatoms. The van der Waals surface area contributed by atoms with E-state index in [4.69, 9.17) is 6.85 Å². The molecule has 0 N–H and O–H groups in total. The summed E-state index contributed by atoms with van der Waals surface area (Å²) in [4.78, 5) is 0. The molecule has 0 radical (unpaired) electrons. The van der Waals surface area contributed by atoms with Crippen molar-refractivity contribution >= 4 is 64.6 Å². The summed E-state index contributed by atoms with van der Waals surface area (Å²) >= 11 is 0. The van der Waals surface area contributed by atoms with E-state index in [0.717, 1.165) is 22.0 Å². The summed E-state index contributed by atoms with van der Waals surface area (Å²) < 4.78 is 53.0. The Morgan fingerprint density at radius 1 is 0.228 bits per heavy atom. The number of rotatable bonds is 8. The molecular weight excluding hydrogens is 1490 g/mol. The lowest BCUT2D eigenvalue weighted by Crippen LogP contribution is -2.30. The van der Waals surface area contributed by atoms with Gasteiger partial charge in [0, 0.05) is 76.1 Å². The third-order valence-corrected chi connectivity index (χ3v) is 24.7. The van der Waals surface area contributed by atoms with Gasteiger partial charge in [-0.05, 0) is 288 Å². The molecule has 6 nitrogen and oxygen atoms in total. The molecule has 6 aromatic heterocycles. The van der Waals surface area contributed by atoms with Gasteiger partial charge in [0.05, 0.1) is 32.8 Å². The van der Waals surface area contributed by atoms with E-state index in [0.29, 0.717) is 5.56 Å². The zero-order valence-corrected chi connectivity index (χ0v) is 77.0. The summed E-state index contributed by atoms with van der Waals surface area (Å²) in [5, 5.41) is 14.7. The van der Waals surface area contributed by atoms with Crippen LogP contribution in [0.1, 0.15) is 141 Å². The summed E-state index contributed by atoms with van der Waals surface area (Å²) in [7, 11) is 12.6. The predicted molar refractivity (Wildman–Crippen MR) is 523 cm³/mol. The Hall–Kier alpha value is -12.9. The Balaban J connectivity index is 0.000000132. The monoisotopic (exact) mass is 1620 g/mol. The van der Waals surface area contributed by atoms with Crippen LogP contribution in [0.15, 0.2) is 298 Å². The fraction of sp³-hybridized carbons (Fsp3) is 0.231. The molecule has 0 spiro atoms. The molecule has 0 bridgehead atoms. The Morgan fingerprint density at radius 3 is 0.919 bits per heavy atom. The van der Waals surface area contributed by atoms with Crippen LogP contribution in [0.2, 0.25) is 0 Å². The van der Waals surface area contributed by atoms with E-state index in [9.17, 15) is 0 Å². The van der Waals surface area contributed by atoms with Crippen molar-refractivity contribution in [3.8, 4) is 67.5 Å². The van der Waals surface area contributed by atoms with Gasteiger partial charge in [-0.25, -0.2) is 27.4 Å². The average molecular weight is 1620 g/mol. The molecular formula is C117H126N6+6. The molecule has 0 aliphatic heterocycles. The topological polar surface area (TPSA) is 23.3 Å². The van der Waals surface area contributed by atoms with Crippen molar-refractivity contribution in [3.05, 3.63) is 393 Å². The number of hydrogen-bond acceptors (Lipinski definition) is 0. The minimum atomic E-state index is -2.38. The molecule has 0 saturated heterocycles. The van der Waals surface area contributed by atoms with E-state index in [2.05, 4.69) is 434 Å². The smallest absolute Gasteiger partial charge is 0.200 e. The second kappa shape index (κ2) is 38.0. The highest BCUT2D eigenvalue weighted by atomic mass is 14.9. The van der Waals surface area contributed by atoms with Gasteiger partial charge in [-0.15, -0.1) is 0 Å². The number of fused-ring (bicyclic) bond motifs is 6. The lowest BCUT2D eigenvalue weighted by atomic mass is 9.93. The van der Waals surface area contributed by atoms with Gasteiger partial charge in [-0.2, -0.15) is 0 Å². The highest BCUT2D eigenvalue weighted by molar-refractivity contribution is 5.97. The Bertz CT molecular complexity index is 7260. The van der Waals surface area contributed by atoms with Crippen molar-refractivity contribution in [2.45, 2.75) is 143 Å². The van der Waals surface area contributed by atoms with Gasteiger partial charge in [-0.1, -0.05) is 207 Å². The van der Waals surface area contributed by atoms with Crippen molar-refractivity contribution in [2.24, 2.45) is 42.3 Å². The molecule has 0 saturated carbocycles. The minimum Gasteiger partial charge on any atom is -0.200 e. The quantitative estimate of drug-likeness (QED) is 0.135. The van der Waals surface area contributed by atoms with Gasteiger partial charge < -0.3 is 0 Å². The number of pyridine rings is 6. The summed E-state index contributed by atoms with van der Waals surface area (Å²) in [6.45, 7) is 35.4. The maximum absolute atomic E-state index is 8.38. The molecule has 618 valence electrons. The van der Waals surface area contributed by atoms with Crippen LogP contribution in [-0.4, -0.2) is 0 Å². The minimum absolute atomic E-state index is 0.506. The van der Waals surface area contributed by atoms with Crippen molar-refractivity contribution in [3.63, 3.8) is 0 Å². The van der Waals surface area contributed by atoms with E-state index < -0.39 is 18.6 Å². The Labute approximate surface area is 740 Å². The highest BCUT2D eigenvalue weighted by Gasteiger charge is 2.24. The number of nitrogens with zero attached hydrogens (tertiary/aromatic N) is 6. The molecule has 1 atom stereocenters.